The zero-order chi connectivity index (χ0) is 15.0. The van der Waals surface area contributed by atoms with Gasteiger partial charge in [0.05, 0.1) is 18.6 Å². The molecule has 0 radical (unpaired) electrons. The van der Waals surface area contributed by atoms with Gasteiger partial charge in [-0.25, -0.2) is 0 Å². The molecule has 2 N–H and O–H groups in total. The summed E-state index contributed by atoms with van der Waals surface area (Å²) >= 11 is 0. The molecule has 1 aromatic carbocycles. The van der Waals surface area contributed by atoms with Gasteiger partial charge in [0.25, 0.3) is 0 Å². The van der Waals surface area contributed by atoms with Gasteiger partial charge in [0.15, 0.2) is 0 Å². The van der Waals surface area contributed by atoms with Crippen LogP contribution in [0.5, 0.6) is 0 Å². The van der Waals surface area contributed by atoms with Gasteiger partial charge in [0.2, 0.25) is 0 Å². The molecular formula is C16H23NO3. The largest absolute Gasteiger partial charge is 0.481 e. The van der Waals surface area contributed by atoms with E-state index in [2.05, 4.69) is 11.9 Å². The second kappa shape index (κ2) is 8.38. The lowest BCUT2D eigenvalue weighted by atomic mass is 10.1. The quantitative estimate of drug-likeness (QED) is 0.728. The van der Waals surface area contributed by atoms with Crippen molar-refractivity contribution in [2.24, 2.45) is 0 Å². The maximum Gasteiger partial charge on any atom is 0.303 e. The van der Waals surface area contributed by atoms with Crippen LogP contribution in [-0.4, -0.2) is 23.7 Å². The Kier molecular flexibility index (Phi) is 6.81. The molecule has 0 aromatic heterocycles. The molecule has 0 heterocycles. The Morgan fingerprint density at radius 3 is 2.50 bits per heavy atom. The molecule has 0 unspecified atom stereocenters. The fraction of sp³-hybridized carbons (Fsp3) is 0.438. The van der Waals surface area contributed by atoms with Gasteiger partial charge >= 0.3 is 5.97 Å². The smallest absolute Gasteiger partial charge is 0.303 e. The van der Waals surface area contributed by atoms with E-state index in [1.807, 2.05) is 44.2 Å². The van der Waals surface area contributed by atoms with Gasteiger partial charge in [-0.05, 0) is 25.8 Å². The van der Waals surface area contributed by atoms with E-state index in [0.717, 1.165) is 11.3 Å². The Hall–Kier alpha value is -1.81. The first-order chi connectivity index (χ1) is 9.49. The number of rotatable bonds is 9. The van der Waals surface area contributed by atoms with Crippen LogP contribution in [0.25, 0.3) is 0 Å². The standard InChI is InChI=1S/C16H23NO3/c1-12(2)20-15(14-7-5-4-6-8-14)11-17-13(3)9-10-16(18)19/h4-8,12,15,17H,3,9-11H2,1-2H3,(H,18,19)/t15-/m0/s1. The second-order valence-corrected chi connectivity index (χ2v) is 4.96. The molecule has 4 heteroatoms. The van der Waals surface area contributed by atoms with Crippen molar-refractivity contribution < 1.29 is 14.6 Å². The molecule has 0 aliphatic heterocycles. The zero-order valence-electron chi connectivity index (χ0n) is 12.1. The van der Waals surface area contributed by atoms with Crippen LogP contribution in [-0.2, 0) is 9.53 Å². The number of benzene rings is 1. The first-order valence-corrected chi connectivity index (χ1v) is 6.83. The van der Waals surface area contributed by atoms with Gasteiger partial charge in [0.1, 0.15) is 0 Å². The molecule has 0 aliphatic carbocycles. The van der Waals surface area contributed by atoms with Crippen molar-refractivity contribution in [2.45, 2.75) is 38.9 Å². The molecule has 0 fully saturated rings. The van der Waals surface area contributed by atoms with E-state index in [-0.39, 0.29) is 18.6 Å². The summed E-state index contributed by atoms with van der Waals surface area (Å²) in [5.41, 5.74) is 1.82. The molecule has 1 rings (SSSR count). The van der Waals surface area contributed by atoms with Crippen molar-refractivity contribution in [1.29, 1.82) is 0 Å². The zero-order valence-corrected chi connectivity index (χ0v) is 12.1. The van der Waals surface area contributed by atoms with E-state index in [1.54, 1.807) is 0 Å². The van der Waals surface area contributed by atoms with Crippen LogP contribution < -0.4 is 5.32 Å². The Morgan fingerprint density at radius 1 is 1.30 bits per heavy atom. The second-order valence-electron chi connectivity index (χ2n) is 4.96. The number of hydrogen-bond acceptors (Lipinski definition) is 3. The Morgan fingerprint density at radius 2 is 1.95 bits per heavy atom. The van der Waals surface area contributed by atoms with Crippen molar-refractivity contribution in [3.8, 4) is 0 Å². The van der Waals surface area contributed by atoms with Crippen LogP contribution in [0.4, 0.5) is 0 Å². The predicted molar refractivity (Wildman–Crippen MR) is 79.4 cm³/mol. The monoisotopic (exact) mass is 277 g/mol. The molecule has 0 amide bonds. The highest BCUT2D eigenvalue weighted by atomic mass is 16.5. The minimum atomic E-state index is -0.814. The van der Waals surface area contributed by atoms with Crippen LogP contribution >= 0.6 is 0 Å². The van der Waals surface area contributed by atoms with E-state index >= 15 is 0 Å². The summed E-state index contributed by atoms with van der Waals surface area (Å²) in [6, 6.07) is 9.97. The topological polar surface area (TPSA) is 58.6 Å². The highest BCUT2D eigenvalue weighted by Crippen LogP contribution is 2.18. The van der Waals surface area contributed by atoms with Crippen LogP contribution in [0, 0.1) is 0 Å². The number of allylic oxidation sites excluding steroid dienone is 1. The summed E-state index contributed by atoms with van der Waals surface area (Å²) in [4.78, 5) is 10.5. The normalized spacial score (nSPS) is 12.2. The Labute approximate surface area is 120 Å². The number of carboxylic acid groups (broad SMARTS) is 1. The van der Waals surface area contributed by atoms with Gasteiger partial charge in [-0.1, -0.05) is 36.9 Å². The summed E-state index contributed by atoms with van der Waals surface area (Å²) in [6.45, 7) is 8.42. The Bertz CT molecular complexity index is 429. The fourth-order valence-electron chi connectivity index (χ4n) is 1.82. The number of carboxylic acids is 1. The van der Waals surface area contributed by atoms with Crippen molar-refractivity contribution in [2.75, 3.05) is 6.54 Å². The first-order valence-electron chi connectivity index (χ1n) is 6.83. The van der Waals surface area contributed by atoms with Crippen molar-refractivity contribution in [3.05, 3.63) is 48.2 Å². The SMILES string of the molecule is C=C(CCC(=O)O)NC[C@H](OC(C)C)c1ccccc1. The molecule has 4 nitrogen and oxygen atoms in total. The van der Waals surface area contributed by atoms with Gasteiger partial charge < -0.3 is 15.2 Å². The number of hydrogen-bond donors (Lipinski definition) is 2. The molecule has 1 atom stereocenters. The van der Waals surface area contributed by atoms with Crippen molar-refractivity contribution in [3.63, 3.8) is 0 Å². The molecule has 0 bridgehead atoms. The van der Waals surface area contributed by atoms with Crippen LogP contribution in [0.2, 0.25) is 0 Å². The highest BCUT2D eigenvalue weighted by Gasteiger charge is 2.13. The van der Waals surface area contributed by atoms with Gasteiger partial charge in [-0.15, -0.1) is 0 Å². The number of ether oxygens (including phenoxy) is 1. The third-order valence-corrected chi connectivity index (χ3v) is 2.79. The van der Waals surface area contributed by atoms with E-state index in [1.165, 1.54) is 0 Å². The minimum Gasteiger partial charge on any atom is -0.481 e. The van der Waals surface area contributed by atoms with Crippen molar-refractivity contribution in [1.82, 2.24) is 5.32 Å². The van der Waals surface area contributed by atoms with Crippen LogP contribution in [0.1, 0.15) is 38.4 Å². The lowest BCUT2D eigenvalue weighted by Gasteiger charge is -2.22. The average molecular weight is 277 g/mol. The first kappa shape index (κ1) is 16.2. The fourth-order valence-corrected chi connectivity index (χ4v) is 1.82. The summed E-state index contributed by atoms with van der Waals surface area (Å²) in [5.74, 6) is -0.814. The number of nitrogens with one attached hydrogen (secondary N) is 1. The van der Waals surface area contributed by atoms with Gasteiger partial charge in [-0.3, -0.25) is 4.79 Å². The molecule has 0 saturated heterocycles. The molecular weight excluding hydrogens is 254 g/mol. The Balaban J connectivity index is 2.53. The summed E-state index contributed by atoms with van der Waals surface area (Å²) < 4.78 is 5.89. The third-order valence-electron chi connectivity index (χ3n) is 2.79. The van der Waals surface area contributed by atoms with Crippen LogP contribution in [0.15, 0.2) is 42.6 Å². The van der Waals surface area contributed by atoms with Gasteiger partial charge in [0, 0.05) is 12.2 Å². The maximum atomic E-state index is 10.5. The average Bonchev–Trinajstić information content (AvgIpc) is 2.41. The van der Waals surface area contributed by atoms with Crippen LogP contribution in [0.3, 0.4) is 0 Å². The molecule has 0 aliphatic rings. The summed E-state index contributed by atoms with van der Waals surface area (Å²) in [6.07, 6.45) is 0.567. The number of aliphatic carboxylic acids is 1. The summed E-state index contributed by atoms with van der Waals surface area (Å²) in [7, 11) is 0. The molecule has 0 spiro atoms. The molecule has 20 heavy (non-hydrogen) atoms. The van der Waals surface area contributed by atoms with E-state index in [9.17, 15) is 4.79 Å². The lowest BCUT2D eigenvalue weighted by molar-refractivity contribution is -0.136. The highest BCUT2D eigenvalue weighted by molar-refractivity contribution is 5.66. The van der Waals surface area contributed by atoms with E-state index in [0.29, 0.717) is 13.0 Å². The van der Waals surface area contributed by atoms with E-state index in [4.69, 9.17) is 9.84 Å². The lowest BCUT2D eigenvalue weighted by Crippen LogP contribution is -2.25. The minimum absolute atomic E-state index is 0.0715. The predicted octanol–water partition coefficient (Wildman–Crippen LogP) is 3.12. The number of carbonyl (C=O) groups is 1. The molecule has 1 aromatic rings. The van der Waals surface area contributed by atoms with E-state index < -0.39 is 5.97 Å². The van der Waals surface area contributed by atoms with Gasteiger partial charge in [-0.2, -0.15) is 0 Å². The maximum absolute atomic E-state index is 10.5. The third kappa shape index (κ3) is 6.38. The molecule has 110 valence electrons. The summed E-state index contributed by atoms with van der Waals surface area (Å²) in [5, 5.41) is 11.8. The molecule has 0 saturated carbocycles. The van der Waals surface area contributed by atoms with Crippen molar-refractivity contribution >= 4 is 5.97 Å².